The molecule has 0 saturated heterocycles. The molecule has 0 aliphatic rings. The van der Waals surface area contributed by atoms with Gasteiger partial charge >= 0.3 is 0 Å². The van der Waals surface area contributed by atoms with Gasteiger partial charge in [-0.2, -0.15) is 0 Å². The number of nitro groups is 1. The fraction of sp³-hybridized carbons (Fsp3) is 0.0417. The number of hydrogen-bond acceptors (Lipinski definition) is 7. The third-order valence-electron chi connectivity index (χ3n) is 4.93. The van der Waals surface area contributed by atoms with E-state index in [1.807, 2.05) is 0 Å². The highest BCUT2D eigenvalue weighted by Gasteiger charge is 2.17. The molecule has 4 rings (SSSR count). The Balaban J connectivity index is 1.47. The molecular weight excluding hydrogens is 585 g/mol. The van der Waals surface area contributed by atoms with E-state index in [2.05, 4.69) is 48.5 Å². The minimum Gasteiger partial charge on any atom is -0.340 e. The van der Waals surface area contributed by atoms with E-state index < -0.39 is 27.9 Å². The Labute approximate surface area is 217 Å². The molecule has 0 saturated carbocycles. The van der Waals surface area contributed by atoms with Crippen LogP contribution in [0, 0.1) is 21.7 Å². The van der Waals surface area contributed by atoms with Gasteiger partial charge in [-0.3, -0.25) is 14.9 Å². The molecule has 0 bridgehead atoms. The van der Waals surface area contributed by atoms with Gasteiger partial charge in [-0.05, 0) is 48.0 Å². The molecule has 36 heavy (non-hydrogen) atoms. The average Bonchev–Trinajstić information content (AvgIpc) is 2.85. The largest absolute Gasteiger partial charge is 0.340 e. The first kappa shape index (κ1) is 24.9. The van der Waals surface area contributed by atoms with Crippen LogP contribution in [0.5, 0.6) is 0 Å². The van der Waals surface area contributed by atoms with Crippen molar-refractivity contribution in [3.05, 3.63) is 106 Å². The van der Waals surface area contributed by atoms with Crippen LogP contribution in [0.15, 0.2) is 73.1 Å². The van der Waals surface area contributed by atoms with Gasteiger partial charge in [-0.1, -0.05) is 28.7 Å². The molecule has 3 aromatic carbocycles. The van der Waals surface area contributed by atoms with Gasteiger partial charge in [-0.15, -0.1) is 0 Å². The minimum atomic E-state index is -0.875. The van der Waals surface area contributed by atoms with Crippen LogP contribution < -0.4 is 16.0 Å². The lowest BCUT2D eigenvalue weighted by molar-refractivity contribution is -0.384. The van der Waals surface area contributed by atoms with Crippen molar-refractivity contribution in [3.8, 4) is 0 Å². The van der Waals surface area contributed by atoms with Crippen molar-refractivity contribution in [2.24, 2.45) is 0 Å². The molecule has 0 atom stereocenters. The maximum absolute atomic E-state index is 14.1. The van der Waals surface area contributed by atoms with Crippen LogP contribution in [-0.4, -0.2) is 20.8 Å². The number of aromatic nitrogens is 2. The Morgan fingerprint density at radius 3 is 2.25 bits per heavy atom. The summed E-state index contributed by atoms with van der Waals surface area (Å²) < 4.78 is 28.4. The third-order valence-corrected chi connectivity index (χ3v) is 5.75. The predicted molar refractivity (Wildman–Crippen MR) is 140 cm³/mol. The molecule has 1 heterocycles. The number of amides is 1. The Morgan fingerprint density at radius 1 is 0.889 bits per heavy atom. The number of nitrogens with one attached hydrogen (secondary N) is 3. The van der Waals surface area contributed by atoms with Crippen molar-refractivity contribution in [1.29, 1.82) is 0 Å². The second-order valence-electron chi connectivity index (χ2n) is 7.43. The van der Waals surface area contributed by atoms with Gasteiger partial charge in [0.2, 0.25) is 0 Å². The normalized spacial score (nSPS) is 10.5. The molecule has 1 aromatic heterocycles. The summed E-state index contributed by atoms with van der Waals surface area (Å²) >= 11 is 2.09. The van der Waals surface area contributed by atoms with Crippen LogP contribution in [0.1, 0.15) is 15.9 Å². The number of hydrogen-bond donors (Lipinski definition) is 3. The lowest BCUT2D eigenvalue weighted by Crippen LogP contribution is -2.14. The number of nitro benzene ring substituents is 1. The molecule has 9 nitrogen and oxygen atoms in total. The quantitative estimate of drug-likeness (QED) is 0.0932. The Bertz CT molecular complexity index is 1450. The Kier molecular flexibility index (Phi) is 7.63. The number of non-ortho nitro benzene ring substituents is 1. The predicted octanol–water partition coefficient (Wildman–Crippen LogP) is 6.34. The summed E-state index contributed by atoms with van der Waals surface area (Å²) in [4.78, 5) is 31.1. The van der Waals surface area contributed by atoms with Crippen LogP contribution in [0.3, 0.4) is 0 Å². The van der Waals surface area contributed by atoms with Crippen molar-refractivity contribution in [3.63, 3.8) is 0 Å². The molecule has 0 aliphatic carbocycles. The van der Waals surface area contributed by atoms with Gasteiger partial charge in [0.05, 0.1) is 10.5 Å². The smallest absolute Gasteiger partial charge is 0.270 e. The van der Waals surface area contributed by atoms with E-state index in [0.717, 1.165) is 18.2 Å². The number of alkyl halides is 1. The number of rotatable bonds is 8. The molecule has 4 aromatic rings. The first-order valence-electron chi connectivity index (χ1n) is 10.4. The summed E-state index contributed by atoms with van der Waals surface area (Å²) in [5, 5.41) is 19.7. The number of anilines is 5. The first-order valence-corrected chi connectivity index (χ1v) is 11.9. The average molecular weight is 602 g/mol. The summed E-state index contributed by atoms with van der Waals surface area (Å²) in [6.07, 6.45) is 1.35. The SMILES string of the molecule is O=C(Nc1cccc(Nc2cc(Nc3ccc(F)c(CI)c3)ncn2)c1)c1cc([N+](=O)[O-])ccc1F. The van der Waals surface area contributed by atoms with Gasteiger partial charge in [0.15, 0.2) is 0 Å². The van der Waals surface area contributed by atoms with Crippen molar-refractivity contribution in [1.82, 2.24) is 9.97 Å². The molecular formula is C24H17F2IN6O3. The molecule has 12 heteroatoms. The highest BCUT2D eigenvalue weighted by molar-refractivity contribution is 14.1. The lowest BCUT2D eigenvalue weighted by atomic mass is 10.1. The van der Waals surface area contributed by atoms with Crippen LogP contribution in [-0.2, 0) is 4.43 Å². The molecule has 0 aliphatic heterocycles. The number of halogens is 3. The molecule has 0 unspecified atom stereocenters. The number of carbonyl (C=O) groups is 1. The fourth-order valence-electron chi connectivity index (χ4n) is 3.22. The van der Waals surface area contributed by atoms with Gasteiger partial charge < -0.3 is 16.0 Å². The van der Waals surface area contributed by atoms with Crippen molar-refractivity contribution in [2.45, 2.75) is 4.43 Å². The number of benzene rings is 3. The summed E-state index contributed by atoms with van der Waals surface area (Å²) in [5.41, 5.74) is 1.30. The lowest BCUT2D eigenvalue weighted by Gasteiger charge is -2.11. The van der Waals surface area contributed by atoms with E-state index in [-0.39, 0.29) is 5.82 Å². The van der Waals surface area contributed by atoms with Crippen molar-refractivity contribution >= 4 is 62.9 Å². The second-order valence-corrected chi connectivity index (χ2v) is 8.20. The van der Waals surface area contributed by atoms with Gasteiger partial charge in [0.25, 0.3) is 11.6 Å². The third kappa shape index (κ3) is 6.07. The maximum Gasteiger partial charge on any atom is 0.270 e. The first-order chi connectivity index (χ1) is 17.3. The molecule has 0 radical (unpaired) electrons. The zero-order valence-corrected chi connectivity index (χ0v) is 20.5. The second kappa shape index (κ2) is 11.0. The monoisotopic (exact) mass is 602 g/mol. The highest BCUT2D eigenvalue weighted by Crippen LogP contribution is 2.24. The standard InChI is InChI=1S/C24H17F2IN6O3/c25-20-6-4-17(8-14(20)12-27)31-23-11-22(28-13-29-23)30-15-2-1-3-16(9-15)32-24(34)19-10-18(33(35)36)5-7-21(19)26/h1-11,13H,12H2,(H,32,34)(H2,28,29,30,31). The van der Waals surface area contributed by atoms with Crippen LogP contribution in [0.4, 0.5) is 43.2 Å². The van der Waals surface area contributed by atoms with E-state index in [1.54, 1.807) is 42.5 Å². The topological polar surface area (TPSA) is 122 Å². The van der Waals surface area contributed by atoms with E-state index in [1.165, 1.54) is 12.4 Å². The summed E-state index contributed by atoms with van der Waals surface area (Å²) in [5.74, 6) is -1.06. The van der Waals surface area contributed by atoms with Gasteiger partial charge in [0, 0.05) is 39.7 Å². The van der Waals surface area contributed by atoms with E-state index in [0.29, 0.717) is 38.7 Å². The van der Waals surface area contributed by atoms with Crippen LogP contribution in [0.2, 0.25) is 0 Å². The Morgan fingerprint density at radius 2 is 1.56 bits per heavy atom. The van der Waals surface area contributed by atoms with E-state index in [9.17, 15) is 23.7 Å². The molecule has 1 amide bonds. The zero-order chi connectivity index (χ0) is 25.7. The summed E-state index contributed by atoms with van der Waals surface area (Å²) in [6.45, 7) is 0. The minimum absolute atomic E-state index is 0.278. The molecule has 182 valence electrons. The van der Waals surface area contributed by atoms with E-state index in [4.69, 9.17) is 0 Å². The molecule has 3 N–H and O–H groups in total. The number of carbonyl (C=O) groups excluding carboxylic acids is 1. The summed E-state index contributed by atoms with van der Waals surface area (Å²) in [7, 11) is 0. The fourth-order valence-corrected chi connectivity index (χ4v) is 3.80. The molecule has 0 spiro atoms. The number of nitrogens with zero attached hydrogens (tertiary/aromatic N) is 3. The van der Waals surface area contributed by atoms with Crippen LogP contribution >= 0.6 is 22.6 Å². The maximum atomic E-state index is 14.1. The highest BCUT2D eigenvalue weighted by atomic mass is 127. The van der Waals surface area contributed by atoms with E-state index >= 15 is 0 Å². The summed E-state index contributed by atoms with van der Waals surface area (Å²) in [6, 6.07) is 15.7. The molecule has 0 fully saturated rings. The Hall–Kier alpha value is -4.20. The van der Waals surface area contributed by atoms with Gasteiger partial charge in [0.1, 0.15) is 29.6 Å². The van der Waals surface area contributed by atoms with Crippen molar-refractivity contribution < 1.29 is 18.5 Å². The van der Waals surface area contributed by atoms with Crippen LogP contribution in [0.25, 0.3) is 0 Å². The zero-order valence-electron chi connectivity index (χ0n) is 18.3. The van der Waals surface area contributed by atoms with Gasteiger partial charge in [-0.25, -0.2) is 18.7 Å². The van der Waals surface area contributed by atoms with Crippen molar-refractivity contribution in [2.75, 3.05) is 16.0 Å².